The lowest BCUT2D eigenvalue weighted by Crippen LogP contribution is -2.21. The first-order valence-corrected chi connectivity index (χ1v) is 10.5. The fourth-order valence-corrected chi connectivity index (χ4v) is 4.16. The second kappa shape index (κ2) is 8.20. The predicted octanol–water partition coefficient (Wildman–Crippen LogP) is 5.45. The van der Waals surface area contributed by atoms with Crippen LogP contribution in [-0.4, -0.2) is 16.7 Å². The van der Waals surface area contributed by atoms with E-state index < -0.39 is 0 Å². The molecule has 0 saturated heterocycles. The Morgan fingerprint density at radius 3 is 2.61 bits per heavy atom. The summed E-state index contributed by atoms with van der Waals surface area (Å²) in [5, 5.41) is 1.27. The Bertz CT molecular complexity index is 1190. The lowest BCUT2D eigenvalue weighted by atomic mass is 10.2. The van der Waals surface area contributed by atoms with E-state index in [2.05, 4.69) is 15.9 Å². The summed E-state index contributed by atoms with van der Waals surface area (Å²) in [4.78, 5) is 18.0. The molecule has 0 saturated carbocycles. The molecule has 6 heteroatoms. The number of halogens is 1. The molecule has 28 heavy (non-hydrogen) atoms. The average Bonchev–Trinajstić information content (AvgIpc) is 2.73. The molecule has 4 nitrogen and oxygen atoms in total. The highest BCUT2D eigenvalue weighted by molar-refractivity contribution is 9.10. The topological polar surface area (TPSA) is 44.1 Å². The van der Waals surface area contributed by atoms with Crippen LogP contribution in [0, 0.1) is 0 Å². The Hall–Kier alpha value is -2.57. The van der Waals surface area contributed by atoms with Gasteiger partial charge in [0.05, 0.1) is 23.7 Å². The first-order valence-electron chi connectivity index (χ1n) is 8.69. The predicted molar refractivity (Wildman–Crippen MR) is 118 cm³/mol. The van der Waals surface area contributed by atoms with Crippen molar-refractivity contribution in [2.24, 2.45) is 0 Å². The van der Waals surface area contributed by atoms with Crippen molar-refractivity contribution in [3.05, 3.63) is 93.2 Å². The molecule has 0 unspecified atom stereocenters. The summed E-state index contributed by atoms with van der Waals surface area (Å²) >= 11 is 4.98. The normalized spacial score (nSPS) is 10.9. The Labute approximate surface area is 175 Å². The van der Waals surface area contributed by atoms with E-state index in [0.717, 1.165) is 21.5 Å². The summed E-state index contributed by atoms with van der Waals surface area (Å²) in [6.07, 6.45) is 0. The molecule has 0 aliphatic heterocycles. The lowest BCUT2D eigenvalue weighted by Gasteiger charge is -2.13. The van der Waals surface area contributed by atoms with Crippen LogP contribution in [0.3, 0.4) is 0 Å². The molecule has 0 amide bonds. The molecule has 1 heterocycles. The number of ether oxygens (including phenoxy) is 1. The van der Waals surface area contributed by atoms with Gasteiger partial charge in [-0.05, 0) is 54.1 Å². The maximum Gasteiger partial charge on any atom is 0.266 e. The van der Waals surface area contributed by atoms with E-state index in [9.17, 15) is 4.79 Å². The van der Waals surface area contributed by atoms with E-state index >= 15 is 0 Å². The van der Waals surface area contributed by atoms with Gasteiger partial charge in [0.25, 0.3) is 5.56 Å². The van der Waals surface area contributed by atoms with Crippen molar-refractivity contribution in [2.45, 2.75) is 10.9 Å². The van der Waals surface area contributed by atoms with E-state index in [1.165, 1.54) is 11.8 Å². The summed E-state index contributed by atoms with van der Waals surface area (Å²) in [6.45, 7) is 0. The SMILES string of the molecule is COc1cccc(CSc2nc3ccccc3c(=O)n2-c2ccc(Br)cc2)c1. The molecule has 0 aliphatic carbocycles. The second-order valence-corrected chi connectivity index (χ2v) is 8.03. The van der Waals surface area contributed by atoms with Gasteiger partial charge in [-0.1, -0.05) is 52.0 Å². The fraction of sp³-hybridized carbons (Fsp3) is 0.0909. The van der Waals surface area contributed by atoms with Crippen LogP contribution >= 0.6 is 27.7 Å². The van der Waals surface area contributed by atoms with Crippen molar-refractivity contribution in [1.82, 2.24) is 9.55 Å². The van der Waals surface area contributed by atoms with Gasteiger partial charge in [0.1, 0.15) is 5.75 Å². The van der Waals surface area contributed by atoms with Gasteiger partial charge in [0.15, 0.2) is 5.16 Å². The molecular formula is C22H17BrN2O2S. The van der Waals surface area contributed by atoms with E-state index in [-0.39, 0.29) is 5.56 Å². The number of rotatable bonds is 5. The largest absolute Gasteiger partial charge is 0.497 e. The van der Waals surface area contributed by atoms with Crippen molar-refractivity contribution < 1.29 is 4.74 Å². The quantitative estimate of drug-likeness (QED) is 0.298. The van der Waals surface area contributed by atoms with Gasteiger partial charge < -0.3 is 4.74 Å². The number of methoxy groups -OCH3 is 1. The van der Waals surface area contributed by atoms with Gasteiger partial charge in [-0.25, -0.2) is 4.98 Å². The smallest absolute Gasteiger partial charge is 0.266 e. The molecule has 4 rings (SSSR count). The van der Waals surface area contributed by atoms with Gasteiger partial charge in [-0.15, -0.1) is 0 Å². The third kappa shape index (κ3) is 3.84. The van der Waals surface area contributed by atoms with Crippen molar-refractivity contribution >= 4 is 38.6 Å². The number of nitrogens with zero attached hydrogens (tertiary/aromatic N) is 2. The monoisotopic (exact) mass is 452 g/mol. The molecule has 0 aliphatic rings. The average molecular weight is 453 g/mol. The number of aromatic nitrogens is 2. The minimum atomic E-state index is -0.0685. The summed E-state index contributed by atoms with van der Waals surface area (Å²) in [6, 6.07) is 23.0. The van der Waals surface area contributed by atoms with Crippen LogP contribution in [0.5, 0.6) is 5.75 Å². The van der Waals surface area contributed by atoms with Crippen LogP contribution in [-0.2, 0) is 5.75 Å². The number of para-hydroxylation sites is 1. The van der Waals surface area contributed by atoms with Gasteiger partial charge in [-0.2, -0.15) is 0 Å². The van der Waals surface area contributed by atoms with E-state index in [0.29, 0.717) is 21.8 Å². The number of hydrogen-bond donors (Lipinski definition) is 0. The van der Waals surface area contributed by atoms with Gasteiger partial charge >= 0.3 is 0 Å². The molecule has 140 valence electrons. The number of fused-ring (bicyclic) bond motifs is 1. The Morgan fingerprint density at radius 2 is 1.82 bits per heavy atom. The fourth-order valence-electron chi connectivity index (χ4n) is 2.94. The van der Waals surface area contributed by atoms with Crippen LogP contribution in [0.2, 0.25) is 0 Å². The van der Waals surface area contributed by atoms with Crippen molar-refractivity contribution in [3.63, 3.8) is 0 Å². The minimum Gasteiger partial charge on any atom is -0.497 e. The Morgan fingerprint density at radius 1 is 1.04 bits per heavy atom. The van der Waals surface area contributed by atoms with Crippen LogP contribution in [0.15, 0.2) is 87.2 Å². The highest BCUT2D eigenvalue weighted by atomic mass is 79.9. The van der Waals surface area contributed by atoms with Gasteiger partial charge in [0, 0.05) is 10.2 Å². The standard InChI is InChI=1S/C22H17BrN2O2S/c1-27-18-6-4-5-15(13-18)14-28-22-24-20-8-3-2-7-19(20)21(26)25(22)17-11-9-16(23)10-12-17/h2-13H,14H2,1H3. The first-order chi connectivity index (χ1) is 13.7. The van der Waals surface area contributed by atoms with Gasteiger partial charge in [-0.3, -0.25) is 9.36 Å². The summed E-state index contributed by atoms with van der Waals surface area (Å²) in [5.41, 5.74) is 2.53. The second-order valence-electron chi connectivity index (χ2n) is 6.17. The maximum absolute atomic E-state index is 13.2. The number of hydrogen-bond acceptors (Lipinski definition) is 4. The van der Waals surface area contributed by atoms with E-state index in [1.807, 2.05) is 72.8 Å². The highest BCUT2D eigenvalue weighted by Crippen LogP contribution is 2.26. The zero-order chi connectivity index (χ0) is 19.5. The van der Waals surface area contributed by atoms with Crippen molar-refractivity contribution in [2.75, 3.05) is 7.11 Å². The molecule has 3 aromatic carbocycles. The Kier molecular flexibility index (Phi) is 5.50. The maximum atomic E-state index is 13.2. The lowest BCUT2D eigenvalue weighted by molar-refractivity contribution is 0.414. The molecule has 0 atom stereocenters. The number of benzene rings is 3. The molecule has 0 bridgehead atoms. The Balaban J connectivity index is 1.80. The van der Waals surface area contributed by atoms with Gasteiger partial charge in [0.2, 0.25) is 0 Å². The van der Waals surface area contributed by atoms with Crippen LogP contribution in [0.25, 0.3) is 16.6 Å². The van der Waals surface area contributed by atoms with Crippen molar-refractivity contribution in [1.29, 1.82) is 0 Å². The van der Waals surface area contributed by atoms with Crippen LogP contribution in [0.1, 0.15) is 5.56 Å². The number of thioether (sulfide) groups is 1. The minimum absolute atomic E-state index is 0.0685. The van der Waals surface area contributed by atoms with E-state index in [1.54, 1.807) is 11.7 Å². The summed E-state index contributed by atoms with van der Waals surface area (Å²) in [5.74, 6) is 1.49. The van der Waals surface area contributed by atoms with Crippen LogP contribution < -0.4 is 10.3 Å². The third-order valence-electron chi connectivity index (χ3n) is 4.33. The van der Waals surface area contributed by atoms with Crippen molar-refractivity contribution in [3.8, 4) is 11.4 Å². The summed E-state index contributed by atoms with van der Waals surface area (Å²) in [7, 11) is 1.66. The summed E-state index contributed by atoms with van der Waals surface area (Å²) < 4.78 is 7.95. The highest BCUT2D eigenvalue weighted by Gasteiger charge is 2.13. The van der Waals surface area contributed by atoms with E-state index in [4.69, 9.17) is 9.72 Å². The third-order valence-corrected chi connectivity index (χ3v) is 5.87. The molecule has 0 fully saturated rings. The zero-order valence-electron chi connectivity index (χ0n) is 15.1. The molecule has 4 aromatic rings. The molecule has 1 aromatic heterocycles. The zero-order valence-corrected chi connectivity index (χ0v) is 17.5. The first kappa shape index (κ1) is 18.8. The molecular weight excluding hydrogens is 436 g/mol. The van der Waals surface area contributed by atoms with Crippen LogP contribution in [0.4, 0.5) is 0 Å². The molecule has 0 spiro atoms. The molecule has 0 radical (unpaired) electrons. The molecule has 0 N–H and O–H groups in total.